The van der Waals surface area contributed by atoms with Crippen molar-refractivity contribution >= 4 is 0 Å². The molecule has 2 rings (SSSR count). The number of hydrogen-bond donors (Lipinski definition) is 0. The molecule has 1 heterocycles. The van der Waals surface area contributed by atoms with Crippen molar-refractivity contribution in [3.05, 3.63) is 46.2 Å². The van der Waals surface area contributed by atoms with Crippen LogP contribution in [0.1, 0.15) is 28.5 Å². The molecule has 0 aliphatic carbocycles. The van der Waals surface area contributed by atoms with Crippen LogP contribution in [-0.2, 0) is 6.50 Å². The van der Waals surface area contributed by atoms with Crippen LogP contribution in [0.15, 0.2) is 35.3 Å². The number of benzene rings is 1. The van der Waals surface area contributed by atoms with Crippen LogP contribution in [0.25, 0.3) is 10.4 Å². The number of rotatable bonds is 3. The summed E-state index contributed by atoms with van der Waals surface area (Å²) in [5, 5.41) is 3.63. The van der Waals surface area contributed by atoms with Gasteiger partial charge in [-0.2, -0.15) is 0 Å². The zero-order chi connectivity index (χ0) is 17.5. The lowest BCUT2D eigenvalue weighted by molar-refractivity contribution is 0.251. The normalized spacial score (nSPS) is 32.4. The van der Waals surface area contributed by atoms with Gasteiger partial charge in [-0.15, -0.1) is 0 Å². The van der Waals surface area contributed by atoms with E-state index in [4.69, 9.17) is 15.1 Å². The maximum atomic E-state index is 8.56. The van der Waals surface area contributed by atoms with Gasteiger partial charge in [0.1, 0.15) is 0 Å². The predicted octanol–water partition coefficient (Wildman–Crippen LogP) is 2.96. The summed E-state index contributed by atoms with van der Waals surface area (Å²) in [5.74, 6) is 0. The first-order chi connectivity index (χ1) is 10.6. The highest BCUT2D eigenvalue weighted by atomic mass is 15.2. The zero-order valence-corrected chi connectivity index (χ0v) is 8.86. The van der Waals surface area contributed by atoms with Crippen molar-refractivity contribution in [1.29, 1.82) is 0 Å². The average molecular weight is 223 g/mol. The van der Waals surface area contributed by atoms with E-state index in [1.54, 1.807) is 6.92 Å². The largest absolute Gasteiger partial charge is 0.296 e. The standard InChI is InChI=1S/C12H16N4/c1-10-12(14-15-13)7-8-16(10)9-11-5-3-2-4-6-11/h2-6,10,12H,7-9H2,1H3/t10-,12-/m0/s1/i2D,3D,4D,5D,6D,9D2. The first-order valence-corrected chi connectivity index (χ1v) is 5.03. The summed E-state index contributed by atoms with van der Waals surface area (Å²) in [5.41, 5.74) is 8.17. The van der Waals surface area contributed by atoms with Crippen LogP contribution in [0.3, 0.4) is 0 Å². The van der Waals surface area contributed by atoms with E-state index in [2.05, 4.69) is 10.0 Å². The van der Waals surface area contributed by atoms with E-state index in [1.807, 2.05) is 0 Å². The van der Waals surface area contributed by atoms with E-state index in [0.29, 0.717) is 6.42 Å². The molecule has 0 radical (unpaired) electrons. The van der Waals surface area contributed by atoms with Gasteiger partial charge in [0.05, 0.1) is 12.9 Å². The number of nitrogens with zero attached hydrogens (tertiary/aromatic N) is 4. The molecule has 0 aromatic heterocycles. The molecule has 0 bridgehead atoms. The van der Waals surface area contributed by atoms with Gasteiger partial charge in [-0.1, -0.05) is 35.3 Å². The Bertz CT molecular complexity index is 657. The third-order valence-electron chi connectivity index (χ3n) is 2.67. The Morgan fingerprint density at radius 3 is 3.06 bits per heavy atom. The van der Waals surface area contributed by atoms with Crippen molar-refractivity contribution in [2.45, 2.75) is 31.9 Å². The van der Waals surface area contributed by atoms with Crippen LogP contribution in [0.5, 0.6) is 0 Å². The van der Waals surface area contributed by atoms with E-state index >= 15 is 0 Å². The lowest BCUT2D eigenvalue weighted by Gasteiger charge is -2.22. The highest BCUT2D eigenvalue weighted by Crippen LogP contribution is 2.22. The average Bonchev–Trinajstić information content (AvgIpc) is 2.85. The quantitative estimate of drug-likeness (QED) is 0.441. The number of hydrogen-bond acceptors (Lipinski definition) is 2. The van der Waals surface area contributed by atoms with Crippen LogP contribution in [0.4, 0.5) is 0 Å². The fourth-order valence-electron chi connectivity index (χ4n) is 1.75. The van der Waals surface area contributed by atoms with Crippen LogP contribution < -0.4 is 0 Å². The SMILES string of the molecule is [2H]c1c([2H])c([2H])c(C([2H])([2H])N2CC[C@H](N=[N+]=[N-])[C@@H]2C)c([2H])c1[2H]. The molecule has 1 aromatic carbocycles. The van der Waals surface area contributed by atoms with Crippen molar-refractivity contribution < 1.29 is 9.60 Å². The minimum absolute atomic E-state index is 0.264. The van der Waals surface area contributed by atoms with Crippen LogP contribution in [0, 0.1) is 0 Å². The highest BCUT2D eigenvalue weighted by molar-refractivity contribution is 5.15. The topological polar surface area (TPSA) is 52.0 Å². The molecule has 84 valence electrons. The summed E-state index contributed by atoms with van der Waals surface area (Å²) in [6, 6.07) is -3.66. The second-order valence-corrected chi connectivity index (χ2v) is 3.61. The van der Waals surface area contributed by atoms with Gasteiger partial charge in [0, 0.05) is 20.2 Å². The van der Waals surface area contributed by atoms with E-state index in [-0.39, 0.29) is 6.54 Å². The number of azide groups is 1. The fourth-order valence-corrected chi connectivity index (χ4v) is 1.75. The highest BCUT2D eigenvalue weighted by Gasteiger charge is 2.29. The second-order valence-electron chi connectivity index (χ2n) is 3.61. The Labute approximate surface area is 105 Å². The molecule has 1 aliphatic heterocycles. The third-order valence-corrected chi connectivity index (χ3v) is 2.67. The van der Waals surface area contributed by atoms with Gasteiger partial charge in [0.2, 0.25) is 0 Å². The van der Waals surface area contributed by atoms with E-state index in [1.165, 1.54) is 4.90 Å². The van der Waals surface area contributed by atoms with E-state index in [0.717, 1.165) is 0 Å². The van der Waals surface area contributed by atoms with Crippen molar-refractivity contribution in [3.8, 4) is 0 Å². The molecular formula is C12H16N4. The predicted molar refractivity (Wildman–Crippen MR) is 63.9 cm³/mol. The second kappa shape index (κ2) is 5.01. The molecule has 2 atom stereocenters. The van der Waals surface area contributed by atoms with Crippen molar-refractivity contribution in [2.24, 2.45) is 5.11 Å². The summed E-state index contributed by atoms with van der Waals surface area (Å²) in [6.45, 7) is -0.313. The molecular weight excluding hydrogens is 200 g/mol. The zero-order valence-electron chi connectivity index (χ0n) is 15.9. The van der Waals surface area contributed by atoms with Crippen molar-refractivity contribution in [3.63, 3.8) is 0 Å². The lowest BCUT2D eigenvalue weighted by atomic mass is 10.1. The van der Waals surface area contributed by atoms with Crippen LogP contribution in [0.2, 0.25) is 0 Å². The molecule has 0 amide bonds. The van der Waals surface area contributed by atoms with Gasteiger partial charge < -0.3 is 0 Å². The Hall–Kier alpha value is -1.51. The summed E-state index contributed by atoms with van der Waals surface area (Å²) in [6.07, 6.45) is 0.448. The van der Waals surface area contributed by atoms with Gasteiger partial charge in [0.25, 0.3) is 0 Å². The molecule has 1 aromatic rings. The maximum Gasteiger partial charge on any atom is 0.0626 e. The summed E-state index contributed by atoms with van der Waals surface area (Å²) < 4.78 is 55.5. The molecule has 0 saturated carbocycles. The molecule has 16 heavy (non-hydrogen) atoms. The molecule has 1 fully saturated rings. The van der Waals surface area contributed by atoms with Crippen LogP contribution in [-0.4, -0.2) is 23.5 Å². The van der Waals surface area contributed by atoms with Gasteiger partial charge >= 0.3 is 0 Å². The minimum Gasteiger partial charge on any atom is -0.296 e. The third kappa shape index (κ3) is 2.35. The van der Waals surface area contributed by atoms with Gasteiger partial charge in [-0.3, -0.25) is 4.90 Å². The van der Waals surface area contributed by atoms with Crippen molar-refractivity contribution in [2.75, 3.05) is 6.54 Å². The molecule has 1 saturated heterocycles. The monoisotopic (exact) mass is 223 g/mol. The molecule has 0 spiro atoms. The minimum atomic E-state index is -2.27. The molecule has 4 nitrogen and oxygen atoms in total. The Balaban J connectivity index is 2.55. The number of likely N-dealkylation sites (tertiary alicyclic amines) is 1. The maximum absolute atomic E-state index is 8.56. The van der Waals surface area contributed by atoms with Gasteiger partial charge in [0.15, 0.2) is 0 Å². The summed E-state index contributed by atoms with van der Waals surface area (Å²) in [4.78, 5) is 4.12. The first-order valence-electron chi connectivity index (χ1n) is 8.53. The molecule has 4 heteroatoms. The summed E-state index contributed by atoms with van der Waals surface area (Å²) in [7, 11) is 0. The van der Waals surface area contributed by atoms with E-state index < -0.39 is 54.4 Å². The lowest BCUT2D eigenvalue weighted by Crippen LogP contribution is -2.30. The summed E-state index contributed by atoms with van der Waals surface area (Å²) >= 11 is 0. The smallest absolute Gasteiger partial charge is 0.0626 e. The van der Waals surface area contributed by atoms with Gasteiger partial charge in [-0.25, -0.2) is 0 Å². The molecule has 1 aliphatic rings. The van der Waals surface area contributed by atoms with Crippen LogP contribution >= 0.6 is 0 Å². The fraction of sp³-hybridized carbons (Fsp3) is 0.500. The van der Waals surface area contributed by atoms with Crippen molar-refractivity contribution in [1.82, 2.24) is 4.90 Å². The van der Waals surface area contributed by atoms with E-state index in [9.17, 15) is 0 Å². The Kier molecular flexibility index (Phi) is 1.63. The molecule has 0 N–H and O–H groups in total. The first kappa shape index (κ1) is 5.21. The van der Waals surface area contributed by atoms with Gasteiger partial charge in [-0.05, 0) is 31.0 Å². The Morgan fingerprint density at radius 2 is 2.38 bits per heavy atom. The molecule has 0 unspecified atom stereocenters. The Morgan fingerprint density at radius 1 is 1.62 bits per heavy atom.